The Morgan fingerprint density at radius 3 is 2.71 bits per heavy atom. The summed E-state index contributed by atoms with van der Waals surface area (Å²) in [7, 11) is 0. The summed E-state index contributed by atoms with van der Waals surface area (Å²) in [4.78, 5) is 31.1. The van der Waals surface area contributed by atoms with Crippen molar-refractivity contribution in [2.24, 2.45) is 0 Å². The van der Waals surface area contributed by atoms with Gasteiger partial charge >= 0.3 is 0 Å². The molecule has 8 heteroatoms. The third kappa shape index (κ3) is 4.42. The van der Waals surface area contributed by atoms with Gasteiger partial charge in [0, 0.05) is 16.1 Å². The van der Waals surface area contributed by atoms with Crippen molar-refractivity contribution in [3.8, 4) is 0 Å². The van der Waals surface area contributed by atoms with Gasteiger partial charge < -0.3 is 9.88 Å². The first-order valence-corrected chi connectivity index (χ1v) is 11.6. The second-order valence-electron chi connectivity index (χ2n) is 8.32. The molecule has 0 saturated carbocycles. The maximum atomic E-state index is 14.1. The first-order chi connectivity index (χ1) is 16.9. The number of aromatic nitrogens is 3. The lowest BCUT2D eigenvalue weighted by atomic mass is 10.1. The first-order valence-electron chi connectivity index (χ1n) is 11.2. The minimum atomic E-state index is -0.445. The first kappa shape index (κ1) is 22.8. The molecule has 0 bridgehead atoms. The summed E-state index contributed by atoms with van der Waals surface area (Å²) in [5.41, 5.74) is 3.33. The van der Waals surface area contributed by atoms with Gasteiger partial charge in [0.05, 0.1) is 18.4 Å². The minimum absolute atomic E-state index is 0.130. The fourth-order valence-corrected chi connectivity index (χ4v) is 4.47. The van der Waals surface area contributed by atoms with E-state index in [0.717, 1.165) is 17.5 Å². The monoisotopic (exact) mass is 488 g/mol. The van der Waals surface area contributed by atoms with Crippen LogP contribution in [0.4, 0.5) is 10.1 Å². The van der Waals surface area contributed by atoms with Gasteiger partial charge in [-0.05, 0) is 53.9 Å². The Morgan fingerprint density at radius 1 is 1.09 bits per heavy atom. The van der Waals surface area contributed by atoms with Crippen molar-refractivity contribution in [2.45, 2.75) is 26.4 Å². The lowest BCUT2D eigenvalue weighted by Crippen LogP contribution is -2.25. The van der Waals surface area contributed by atoms with Crippen LogP contribution in [0.5, 0.6) is 0 Å². The van der Waals surface area contributed by atoms with Gasteiger partial charge in [0.25, 0.3) is 5.56 Å². The highest BCUT2D eigenvalue weighted by atomic mass is 35.5. The number of rotatable bonds is 6. The van der Waals surface area contributed by atoms with Gasteiger partial charge in [-0.1, -0.05) is 48.9 Å². The van der Waals surface area contributed by atoms with Crippen molar-refractivity contribution >= 4 is 45.1 Å². The topological polar surface area (TPSA) is 68.9 Å². The molecule has 0 radical (unpaired) electrons. The maximum absolute atomic E-state index is 14.1. The summed E-state index contributed by atoms with van der Waals surface area (Å²) in [5, 5.41) is 3.91. The number of halogens is 2. The molecule has 1 N–H and O–H groups in total. The van der Waals surface area contributed by atoms with Crippen LogP contribution in [0.2, 0.25) is 5.02 Å². The maximum Gasteiger partial charge on any atom is 0.278 e. The predicted molar refractivity (Wildman–Crippen MR) is 136 cm³/mol. The number of carbonyl (C=O) groups is 1. The molecule has 35 heavy (non-hydrogen) atoms. The molecule has 0 aliphatic carbocycles. The summed E-state index contributed by atoms with van der Waals surface area (Å²) < 4.78 is 17.1. The number of nitrogens with zero attached hydrogens (tertiary/aromatic N) is 3. The van der Waals surface area contributed by atoms with Crippen molar-refractivity contribution in [2.75, 3.05) is 5.32 Å². The van der Waals surface area contributed by atoms with Crippen molar-refractivity contribution in [1.82, 2.24) is 14.1 Å². The van der Waals surface area contributed by atoms with Gasteiger partial charge in [0.1, 0.15) is 23.4 Å². The zero-order valence-corrected chi connectivity index (χ0v) is 19.7. The van der Waals surface area contributed by atoms with Crippen LogP contribution in [-0.4, -0.2) is 20.0 Å². The Balaban J connectivity index is 1.59. The molecule has 0 fully saturated rings. The number of hydrogen-bond acceptors (Lipinski definition) is 3. The highest BCUT2D eigenvalue weighted by Crippen LogP contribution is 2.27. The molecule has 0 aliphatic heterocycles. The van der Waals surface area contributed by atoms with E-state index in [0.29, 0.717) is 27.1 Å². The van der Waals surface area contributed by atoms with E-state index in [2.05, 4.69) is 10.3 Å². The Labute approximate surface area is 205 Å². The fourth-order valence-electron chi connectivity index (χ4n) is 4.27. The van der Waals surface area contributed by atoms with Gasteiger partial charge in [-0.2, -0.15) is 0 Å². The molecule has 0 atom stereocenters. The molecule has 1 amide bonds. The van der Waals surface area contributed by atoms with Crippen LogP contribution >= 0.6 is 11.6 Å². The van der Waals surface area contributed by atoms with E-state index in [-0.39, 0.29) is 30.1 Å². The number of benzene rings is 3. The largest absolute Gasteiger partial charge is 0.325 e. The number of carbonyl (C=O) groups excluding carboxylic acids is 1. The van der Waals surface area contributed by atoms with Gasteiger partial charge in [0.15, 0.2) is 0 Å². The third-order valence-corrected chi connectivity index (χ3v) is 6.38. The smallest absolute Gasteiger partial charge is 0.278 e. The molecule has 2 heterocycles. The number of anilines is 1. The van der Waals surface area contributed by atoms with E-state index in [1.165, 1.54) is 23.0 Å². The molecule has 0 aliphatic rings. The van der Waals surface area contributed by atoms with Crippen LogP contribution in [0.15, 0.2) is 77.9 Å². The van der Waals surface area contributed by atoms with Crippen LogP contribution in [0.1, 0.15) is 18.1 Å². The molecular weight excluding hydrogens is 467 g/mol. The van der Waals surface area contributed by atoms with Crippen LogP contribution in [0.3, 0.4) is 0 Å². The summed E-state index contributed by atoms with van der Waals surface area (Å²) in [6.07, 6.45) is 2.28. The lowest BCUT2D eigenvalue weighted by Gasteiger charge is -2.11. The van der Waals surface area contributed by atoms with Crippen molar-refractivity contribution < 1.29 is 9.18 Å². The van der Waals surface area contributed by atoms with Crippen LogP contribution < -0.4 is 10.9 Å². The Hall–Kier alpha value is -3.97. The average molecular weight is 489 g/mol. The van der Waals surface area contributed by atoms with Crippen LogP contribution in [0.25, 0.3) is 21.9 Å². The number of hydrogen-bond donors (Lipinski definition) is 1. The Kier molecular flexibility index (Phi) is 6.09. The van der Waals surface area contributed by atoms with E-state index in [9.17, 15) is 14.0 Å². The van der Waals surface area contributed by atoms with E-state index in [1.807, 2.05) is 49.4 Å². The second kappa shape index (κ2) is 9.35. The summed E-state index contributed by atoms with van der Waals surface area (Å²) in [6, 6.07) is 19.1. The normalized spacial score (nSPS) is 11.3. The summed E-state index contributed by atoms with van der Waals surface area (Å²) in [6.45, 7) is 2.13. The molecule has 5 aromatic rings. The molecule has 0 spiro atoms. The number of fused-ring (bicyclic) bond motifs is 3. The summed E-state index contributed by atoms with van der Waals surface area (Å²) in [5.74, 6) is -0.748. The van der Waals surface area contributed by atoms with E-state index >= 15 is 0 Å². The molecule has 0 unspecified atom stereocenters. The number of amides is 1. The van der Waals surface area contributed by atoms with Gasteiger partial charge in [-0.15, -0.1) is 0 Å². The van der Waals surface area contributed by atoms with Crippen molar-refractivity contribution in [3.63, 3.8) is 0 Å². The molecule has 6 nitrogen and oxygen atoms in total. The van der Waals surface area contributed by atoms with Gasteiger partial charge in [-0.25, -0.2) is 9.37 Å². The molecule has 176 valence electrons. The van der Waals surface area contributed by atoms with Crippen molar-refractivity contribution in [3.05, 3.63) is 105 Å². The van der Waals surface area contributed by atoms with Crippen LogP contribution in [0, 0.1) is 5.82 Å². The highest BCUT2D eigenvalue weighted by molar-refractivity contribution is 6.31. The zero-order chi connectivity index (χ0) is 24.5. The van der Waals surface area contributed by atoms with E-state index in [1.54, 1.807) is 16.7 Å². The highest BCUT2D eigenvalue weighted by Gasteiger charge is 2.19. The zero-order valence-electron chi connectivity index (χ0n) is 19.0. The van der Waals surface area contributed by atoms with Gasteiger partial charge in [0.2, 0.25) is 5.91 Å². The predicted octanol–water partition coefficient (Wildman–Crippen LogP) is 5.39. The Morgan fingerprint density at radius 2 is 1.91 bits per heavy atom. The molecule has 0 saturated heterocycles. The average Bonchev–Trinajstić information content (AvgIpc) is 3.15. The molecule has 3 aromatic carbocycles. The van der Waals surface area contributed by atoms with E-state index < -0.39 is 5.82 Å². The third-order valence-electron chi connectivity index (χ3n) is 6.01. The van der Waals surface area contributed by atoms with E-state index in [4.69, 9.17) is 11.6 Å². The van der Waals surface area contributed by atoms with Crippen LogP contribution in [-0.2, 0) is 24.3 Å². The minimum Gasteiger partial charge on any atom is -0.325 e. The fraction of sp³-hybridized carbons (Fsp3) is 0.148. The van der Waals surface area contributed by atoms with Gasteiger partial charge in [-0.3, -0.25) is 14.2 Å². The SMILES string of the molecule is CCc1cccc(NC(=O)Cn2c3ccc(F)cc3c3ncn(Cc4ccccc4Cl)c(=O)c32)c1. The standard InChI is InChI=1S/C27H22ClFN4O2/c1-2-17-6-5-8-20(12-17)31-24(34)15-33-23-11-10-19(29)13-21(23)25-26(33)27(35)32(16-30-25)14-18-7-3-4-9-22(18)28/h3-13,16H,2,14-15H2,1H3,(H,31,34). The quantitative estimate of drug-likeness (QED) is 0.348. The number of nitrogens with one attached hydrogen (secondary N) is 1. The number of aryl methyl sites for hydroxylation is 1. The molecule has 5 rings (SSSR count). The lowest BCUT2D eigenvalue weighted by molar-refractivity contribution is -0.116. The molecular formula is C27H22ClFN4O2. The second-order valence-corrected chi connectivity index (χ2v) is 8.72. The molecule has 2 aromatic heterocycles. The Bertz CT molecular complexity index is 1640. The summed E-state index contributed by atoms with van der Waals surface area (Å²) >= 11 is 6.29. The van der Waals surface area contributed by atoms with Crippen molar-refractivity contribution in [1.29, 1.82) is 0 Å².